The Balaban J connectivity index is 1.85. The third-order valence-corrected chi connectivity index (χ3v) is 5.83. The number of rotatable bonds is 8. The Bertz CT molecular complexity index is 1190. The van der Waals surface area contributed by atoms with Crippen LogP contribution in [0.1, 0.15) is 23.0 Å². The molecule has 31 heavy (non-hydrogen) atoms. The molecule has 0 spiro atoms. The third-order valence-electron chi connectivity index (χ3n) is 4.22. The first kappa shape index (κ1) is 22.4. The van der Waals surface area contributed by atoms with Crippen molar-refractivity contribution < 1.29 is 22.7 Å². The van der Waals surface area contributed by atoms with Gasteiger partial charge in [-0.25, -0.2) is 0 Å². The minimum absolute atomic E-state index is 0.106. The van der Waals surface area contributed by atoms with Gasteiger partial charge < -0.3 is 14.8 Å². The lowest BCUT2D eigenvalue weighted by atomic mass is 10.2. The molecule has 3 rings (SSSR count). The number of hydrogen-bond acceptors (Lipinski definition) is 6. The van der Waals surface area contributed by atoms with Crippen molar-refractivity contribution in [2.75, 3.05) is 23.8 Å². The van der Waals surface area contributed by atoms with Crippen LogP contribution in [0.3, 0.4) is 0 Å². The highest BCUT2D eigenvalue weighted by Gasteiger charge is 2.28. The molecular formula is C20H21ClN4O5S. The van der Waals surface area contributed by atoms with Gasteiger partial charge in [-0.3, -0.25) is 14.6 Å². The summed E-state index contributed by atoms with van der Waals surface area (Å²) in [5.74, 6) is 0.404. The van der Waals surface area contributed by atoms with Crippen molar-refractivity contribution in [2.45, 2.75) is 18.9 Å². The molecule has 1 aromatic heterocycles. The first-order valence-electron chi connectivity index (χ1n) is 9.20. The van der Waals surface area contributed by atoms with Gasteiger partial charge in [0.25, 0.3) is 15.9 Å². The second-order valence-corrected chi connectivity index (χ2v) is 8.40. The highest BCUT2D eigenvalue weighted by Crippen LogP contribution is 2.28. The number of methoxy groups -OCH3 is 1. The zero-order valence-electron chi connectivity index (χ0n) is 17.0. The van der Waals surface area contributed by atoms with Gasteiger partial charge >= 0.3 is 0 Å². The minimum Gasteiger partial charge on any atom is -0.495 e. The maximum Gasteiger partial charge on any atom is 0.282 e. The minimum atomic E-state index is -4.14. The van der Waals surface area contributed by atoms with E-state index < -0.39 is 21.0 Å². The summed E-state index contributed by atoms with van der Waals surface area (Å²) in [5, 5.41) is 8.89. The van der Waals surface area contributed by atoms with E-state index in [0.717, 1.165) is 0 Å². The standard InChI is InChI=1S/C20H21ClN4O5S/c1-4-30-15-8-5-13(6-9-15)25-31(27,28)20-18(12(2)23-24-20)19(26)22-14-7-10-17(29-3)16(21)11-14/h5-11,25H,4H2,1-3H3,(H,22,26)(H,23,24). The SMILES string of the molecule is CCOc1ccc(NS(=O)(=O)c2n[nH]c(C)c2C(=O)Nc2ccc(OC)c(Cl)c2)cc1. The van der Waals surface area contributed by atoms with Crippen LogP contribution in [0.15, 0.2) is 47.5 Å². The quantitative estimate of drug-likeness (QED) is 0.465. The number of H-pyrrole nitrogens is 1. The highest BCUT2D eigenvalue weighted by atomic mass is 35.5. The molecule has 0 radical (unpaired) electrons. The van der Waals surface area contributed by atoms with E-state index in [9.17, 15) is 13.2 Å². The van der Waals surface area contributed by atoms with Crippen molar-refractivity contribution >= 4 is 38.9 Å². The van der Waals surface area contributed by atoms with Gasteiger partial charge in [0.15, 0.2) is 0 Å². The molecule has 0 saturated heterocycles. The van der Waals surface area contributed by atoms with Crippen LogP contribution in [0, 0.1) is 6.92 Å². The van der Waals surface area contributed by atoms with E-state index in [-0.39, 0.29) is 5.56 Å². The smallest absolute Gasteiger partial charge is 0.282 e. The van der Waals surface area contributed by atoms with Gasteiger partial charge in [0, 0.05) is 17.1 Å². The van der Waals surface area contributed by atoms with Crippen LogP contribution >= 0.6 is 11.6 Å². The second-order valence-electron chi connectivity index (χ2n) is 6.40. The molecule has 0 aliphatic heterocycles. The molecule has 0 saturated carbocycles. The van der Waals surface area contributed by atoms with E-state index in [1.54, 1.807) is 43.3 Å². The number of aromatic amines is 1. The Labute approximate surface area is 184 Å². The molecule has 0 atom stereocenters. The zero-order chi connectivity index (χ0) is 22.6. The van der Waals surface area contributed by atoms with Crippen molar-refractivity contribution in [3.63, 3.8) is 0 Å². The Hall–Kier alpha value is -3.24. The van der Waals surface area contributed by atoms with E-state index in [2.05, 4.69) is 20.2 Å². The second kappa shape index (κ2) is 9.27. The molecule has 9 nitrogen and oxygen atoms in total. The van der Waals surface area contributed by atoms with Crippen molar-refractivity contribution in [1.29, 1.82) is 0 Å². The van der Waals surface area contributed by atoms with Crippen molar-refractivity contribution in [2.24, 2.45) is 0 Å². The number of carbonyl (C=O) groups is 1. The van der Waals surface area contributed by atoms with Crippen LogP contribution in [0.2, 0.25) is 5.02 Å². The summed E-state index contributed by atoms with van der Waals surface area (Å²) in [7, 11) is -2.67. The van der Waals surface area contributed by atoms with Gasteiger partial charge in [-0.15, -0.1) is 0 Å². The van der Waals surface area contributed by atoms with E-state index >= 15 is 0 Å². The lowest BCUT2D eigenvalue weighted by Gasteiger charge is -2.10. The normalized spacial score (nSPS) is 11.1. The van der Waals surface area contributed by atoms with Gasteiger partial charge in [-0.1, -0.05) is 11.6 Å². The van der Waals surface area contributed by atoms with E-state index in [4.69, 9.17) is 21.1 Å². The number of nitrogens with zero attached hydrogens (tertiary/aromatic N) is 1. The molecule has 1 heterocycles. The summed E-state index contributed by atoms with van der Waals surface area (Å²) in [4.78, 5) is 12.8. The largest absolute Gasteiger partial charge is 0.495 e. The number of benzene rings is 2. The average Bonchev–Trinajstić information content (AvgIpc) is 3.12. The molecule has 3 N–H and O–H groups in total. The van der Waals surface area contributed by atoms with Gasteiger partial charge in [-0.05, 0) is 56.3 Å². The lowest BCUT2D eigenvalue weighted by Crippen LogP contribution is -2.20. The zero-order valence-corrected chi connectivity index (χ0v) is 18.6. The molecule has 3 aromatic rings. The summed E-state index contributed by atoms with van der Waals surface area (Å²) in [6.07, 6.45) is 0. The van der Waals surface area contributed by atoms with Crippen molar-refractivity contribution in [1.82, 2.24) is 10.2 Å². The molecule has 0 unspecified atom stereocenters. The molecule has 11 heteroatoms. The number of sulfonamides is 1. The summed E-state index contributed by atoms with van der Waals surface area (Å²) in [6.45, 7) is 3.90. The van der Waals surface area contributed by atoms with Crippen LogP contribution < -0.4 is 19.5 Å². The number of halogens is 1. The van der Waals surface area contributed by atoms with Gasteiger partial charge in [0.1, 0.15) is 17.1 Å². The Morgan fingerprint density at radius 3 is 2.45 bits per heavy atom. The maximum atomic E-state index is 12.9. The van der Waals surface area contributed by atoms with Crippen molar-refractivity contribution in [3.05, 3.63) is 58.7 Å². The number of hydrogen-bond donors (Lipinski definition) is 3. The number of aromatic nitrogens is 2. The number of aryl methyl sites for hydroxylation is 1. The summed E-state index contributed by atoms with van der Waals surface area (Å²) in [5.41, 5.74) is 0.867. The molecule has 1 amide bonds. The number of amides is 1. The van der Waals surface area contributed by atoms with Crippen LogP contribution in [0.4, 0.5) is 11.4 Å². The van der Waals surface area contributed by atoms with Gasteiger partial charge in [0.05, 0.1) is 18.7 Å². The van der Waals surface area contributed by atoms with E-state index in [1.807, 2.05) is 6.92 Å². The fraction of sp³-hybridized carbons (Fsp3) is 0.200. The van der Waals surface area contributed by atoms with Crippen LogP contribution in [0.25, 0.3) is 0 Å². The van der Waals surface area contributed by atoms with Crippen LogP contribution in [-0.4, -0.2) is 38.2 Å². The maximum absolute atomic E-state index is 12.9. The number of carbonyl (C=O) groups excluding carboxylic acids is 1. The van der Waals surface area contributed by atoms with Gasteiger partial charge in [0.2, 0.25) is 5.03 Å². The van der Waals surface area contributed by atoms with Crippen LogP contribution in [0.5, 0.6) is 11.5 Å². The molecule has 2 aromatic carbocycles. The molecule has 0 fully saturated rings. The Morgan fingerprint density at radius 2 is 1.84 bits per heavy atom. The fourth-order valence-corrected chi connectivity index (χ4v) is 4.28. The third kappa shape index (κ3) is 5.09. The monoisotopic (exact) mass is 464 g/mol. The lowest BCUT2D eigenvalue weighted by molar-refractivity contribution is 0.102. The first-order chi connectivity index (χ1) is 14.7. The first-order valence-corrected chi connectivity index (χ1v) is 11.1. The van der Waals surface area contributed by atoms with E-state index in [1.165, 1.54) is 13.2 Å². The van der Waals surface area contributed by atoms with E-state index in [0.29, 0.717) is 40.2 Å². The number of nitrogens with one attached hydrogen (secondary N) is 3. The molecular weight excluding hydrogens is 444 g/mol. The number of anilines is 2. The summed E-state index contributed by atoms with van der Waals surface area (Å²) >= 11 is 6.08. The Kier molecular flexibility index (Phi) is 6.71. The van der Waals surface area contributed by atoms with Gasteiger partial charge in [-0.2, -0.15) is 13.5 Å². The number of ether oxygens (including phenoxy) is 2. The molecule has 0 aliphatic carbocycles. The topological polar surface area (TPSA) is 122 Å². The summed E-state index contributed by atoms with van der Waals surface area (Å²) < 4.78 is 38.6. The van der Waals surface area contributed by atoms with Crippen LogP contribution in [-0.2, 0) is 10.0 Å². The molecule has 0 aliphatic rings. The fourth-order valence-electron chi connectivity index (χ4n) is 2.80. The Morgan fingerprint density at radius 1 is 1.16 bits per heavy atom. The highest BCUT2D eigenvalue weighted by molar-refractivity contribution is 7.92. The molecule has 164 valence electrons. The predicted octanol–water partition coefficient (Wildman–Crippen LogP) is 3.83. The predicted molar refractivity (Wildman–Crippen MR) is 118 cm³/mol. The average molecular weight is 465 g/mol. The van der Waals surface area contributed by atoms with Crippen molar-refractivity contribution in [3.8, 4) is 11.5 Å². The molecule has 0 bridgehead atoms. The summed E-state index contributed by atoms with van der Waals surface area (Å²) in [6, 6.07) is 11.1.